The average Bonchev–Trinajstić information content (AvgIpc) is 2.84. The van der Waals surface area contributed by atoms with Crippen LogP contribution in [0, 0.1) is 13.8 Å². The molecular weight excluding hydrogens is 238 g/mol. The van der Waals surface area contributed by atoms with Crippen molar-refractivity contribution in [1.29, 1.82) is 0 Å². The molecule has 0 N–H and O–H groups in total. The lowest BCUT2D eigenvalue weighted by molar-refractivity contribution is 0.415. The van der Waals surface area contributed by atoms with E-state index in [0.29, 0.717) is 0 Å². The third-order valence-electron chi connectivity index (χ3n) is 3.17. The molecule has 3 rings (SSSR count). The summed E-state index contributed by atoms with van der Waals surface area (Å²) in [5, 5.41) is 5.53. The quantitative estimate of drug-likeness (QED) is 0.704. The Balaban J connectivity index is 2.22. The molecule has 0 aliphatic rings. The predicted octanol–water partition coefficient (Wildman–Crippen LogP) is 3.05. The number of benzene rings is 1. The molecule has 4 heteroatoms. The zero-order valence-corrected chi connectivity index (χ0v) is 11.2. The normalized spacial score (nSPS) is 10.9. The van der Waals surface area contributed by atoms with Gasteiger partial charge in [-0.3, -0.25) is 0 Å². The third-order valence-corrected chi connectivity index (χ3v) is 3.17. The summed E-state index contributed by atoms with van der Waals surface area (Å²) >= 11 is 0. The molecule has 0 amide bonds. The molecule has 0 aliphatic heterocycles. The van der Waals surface area contributed by atoms with E-state index in [4.69, 9.17) is 4.74 Å². The molecule has 0 fully saturated rings. The van der Waals surface area contributed by atoms with E-state index in [1.807, 2.05) is 43.5 Å². The number of methoxy groups -OCH3 is 1. The molecule has 1 aromatic carbocycles. The van der Waals surface area contributed by atoms with E-state index in [1.165, 1.54) is 5.56 Å². The molecule has 0 saturated heterocycles. The lowest BCUT2D eigenvalue weighted by Gasteiger charge is -2.08. The Bertz CT molecular complexity index is 746. The topological polar surface area (TPSA) is 39.9 Å². The van der Waals surface area contributed by atoms with Crippen LogP contribution >= 0.6 is 0 Å². The average molecular weight is 253 g/mol. The maximum Gasteiger partial charge on any atom is 0.154 e. The van der Waals surface area contributed by atoms with Gasteiger partial charge in [-0.15, -0.1) is 0 Å². The van der Waals surface area contributed by atoms with Crippen LogP contribution in [0.25, 0.3) is 16.7 Å². The zero-order valence-electron chi connectivity index (χ0n) is 11.2. The fraction of sp³-hybridized carbons (Fsp3) is 0.200. The highest BCUT2D eigenvalue weighted by Crippen LogP contribution is 2.23. The molecule has 0 radical (unpaired) electrons. The van der Waals surface area contributed by atoms with E-state index in [-0.39, 0.29) is 0 Å². The number of rotatable bonds is 2. The summed E-state index contributed by atoms with van der Waals surface area (Å²) in [6.45, 7) is 4.05. The monoisotopic (exact) mass is 253 g/mol. The molecule has 2 aromatic heterocycles. The minimum Gasteiger partial charge on any atom is -0.497 e. The van der Waals surface area contributed by atoms with Gasteiger partial charge < -0.3 is 4.74 Å². The van der Waals surface area contributed by atoms with Crippen LogP contribution in [0.2, 0.25) is 0 Å². The molecule has 3 aromatic rings. The van der Waals surface area contributed by atoms with Crippen LogP contribution in [0.3, 0.4) is 0 Å². The molecule has 0 atom stereocenters. The first-order chi connectivity index (χ1) is 9.17. The molecule has 2 heterocycles. The summed E-state index contributed by atoms with van der Waals surface area (Å²) in [6.07, 6.45) is 1.92. The third kappa shape index (κ3) is 2.05. The van der Waals surface area contributed by atoms with Gasteiger partial charge in [0, 0.05) is 17.6 Å². The second-order valence-corrected chi connectivity index (χ2v) is 4.58. The number of hydrogen-bond donors (Lipinski definition) is 0. The van der Waals surface area contributed by atoms with Crippen molar-refractivity contribution in [3.63, 3.8) is 0 Å². The fourth-order valence-corrected chi connectivity index (χ4v) is 2.15. The number of fused-ring (bicyclic) bond motifs is 1. The van der Waals surface area contributed by atoms with Crippen molar-refractivity contribution in [2.24, 2.45) is 0 Å². The number of hydrogen-bond acceptors (Lipinski definition) is 3. The van der Waals surface area contributed by atoms with Crippen molar-refractivity contribution in [3.8, 4) is 11.6 Å². The SMILES string of the molecule is COc1ccc2c(C)cc(-n3ccc(C)n3)nc2c1. The minimum atomic E-state index is 0.813. The standard InChI is InChI=1S/C15H15N3O/c1-10-8-15(18-7-6-11(2)17-18)16-14-9-12(19-3)4-5-13(10)14/h4-9H,1-3H3. The van der Waals surface area contributed by atoms with Gasteiger partial charge in [0.2, 0.25) is 0 Å². The molecule has 19 heavy (non-hydrogen) atoms. The van der Waals surface area contributed by atoms with Gasteiger partial charge in [-0.2, -0.15) is 5.10 Å². The molecule has 96 valence electrons. The Morgan fingerprint density at radius 2 is 1.95 bits per heavy atom. The molecule has 0 saturated carbocycles. The van der Waals surface area contributed by atoms with Crippen molar-refractivity contribution in [3.05, 3.63) is 47.8 Å². The Labute approximate surface area is 111 Å². The first-order valence-corrected chi connectivity index (χ1v) is 6.15. The second kappa shape index (κ2) is 4.39. The first-order valence-electron chi connectivity index (χ1n) is 6.15. The van der Waals surface area contributed by atoms with Gasteiger partial charge in [0.1, 0.15) is 5.75 Å². The van der Waals surface area contributed by atoms with E-state index in [2.05, 4.69) is 17.0 Å². The highest BCUT2D eigenvalue weighted by Gasteiger charge is 2.06. The fourth-order valence-electron chi connectivity index (χ4n) is 2.15. The first kappa shape index (κ1) is 11.7. The van der Waals surface area contributed by atoms with Crippen LogP contribution in [0.5, 0.6) is 5.75 Å². The Hall–Kier alpha value is -2.36. The minimum absolute atomic E-state index is 0.813. The van der Waals surface area contributed by atoms with Crippen molar-refractivity contribution in [1.82, 2.24) is 14.8 Å². The van der Waals surface area contributed by atoms with Crippen LogP contribution in [-0.2, 0) is 0 Å². The maximum atomic E-state index is 5.25. The number of aryl methyl sites for hydroxylation is 2. The van der Waals surface area contributed by atoms with Gasteiger partial charge in [0.15, 0.2) is 5.82 Å². The number of aromatic nitrogens is 3. The van der Waals surface area contributed by atoms with Crippen molar-refractivity contribution in [2.45, 2.75) is 13.8 Å². The Morgan fingerprint density at radius 3 is 2.63 bits per heavy atom. The maximum absolute atomic E-state index is 5.25. The summed E-state index contributed by atoms with van der Waals surface area (Å²) < 4.78 is 7.04. The van der Waals surface area contributed by atoms with Gasteiger partial charge in [-0.1, -0.05) is 0 Å². The molecule has 4 nitrogen and oxygen atoms in total. The summed E-state index contributed by atoms with van der Waals surface area (Å²) in [5.74, 6) is 1.64. The van der Waals surface area contributed by atoms with E-state index in [9.17, 15) is 0 Å². The van der Waals surface area contributed by atoms with Gasteiger partial charge >= 0.3 is 0 Å². The van der Waals surface area contributed by atoms with E-state index in [1.54, 1.807) is 11.8 Å². The molecule has 0 aliphatic carbocycles. The lowest BCUT2D eigenvalue weighted by atomic mass is 10.1. The highest BCUT2D eigenvalue weighted by atomic mass is 16.5. The van der Waals surface area contributed by atoms with Gasteiger partial charge in [0.05, 0.1) is 18.3 Å². The number of nitrogens with zero attached hydrogens (tertiary/aromatic N) is 3. The zero-order chi connectivity index (χ0) is 13.4. The number of ether oxygens (including phenoxy) is 1. The predicted molar refractivity (Wildman–Crippen MR) is 74.9 cm³/mol. The van der Waals surface area contributed by atoms with Crippen LogP contribution in [0.1, 0.15) is 11.3 Å². The van der Waals surface area contributed by atoms with Crippen LogP contribution < -0.4 is 4.74 Å². The highest BCUT2D eigenvalue weighted by molar-refractivity contribution is 5.84. The van der Waals surface area contributed by atoms with Crippen molar-refractivity contribution in [2.75, 3.05) is 7.11 Å². The molecule has 0 unspecified atom stereocenters. The van der Waals surface area contributed by atoms with E-state index in [0.717, 1.165) is 28.2 Å². The van der Waals surface area contributed by atoms with Crippen molar-refractivity contribution >= 4 is 10.9 Å². The van der Waals surface area contributed by atoms with Crippen LogP contribution in [0.4, 0.5) is 0 Å². The molecule has 0 spiro atoms. The largest absolute Gasteiger partial charge is 0.497 e. The van der Waals surface area contributed by atoms with E-state index < -0.39 is 0 Å². The summed E-state index contributed by atoms with van der Waals surface area (Å²) in [4.78, 5) is 4.65. The smallest absolute Gasteiger partial charge is 0.154 e. The van der Waals surface area contributed by atoms with Crippen LogP contribution in [-0.4, -0.2) is 21.9 Å². The van der Waals surface area contributed by atoms with E-state index >= 15 is 0 Å². The van der Waals surface area contributed by atoms with Crippen LogP contribution in [0.15, 0.2) is 36.5 Å². The van der Waals surface area contributed by atoms with Gasteiger partial charge in [0.25, 0.3) is 0 Å². The summed E-state index contributed by atoms with van der Waals surface area (Å²) in [5.41, 5.74) is 3.07. The molecular formula is C15H15N3O. The Kier molecular flexibility index (Phi) is 2.71. The van der Waals surface area contributed by atoms with Gasteiger partial charge in [-0.05, 0) is 43.7 Å². The Morgan fingerprint density at radius 1 is 1.11 bits per heavy atom. The number of pyridine rings is 1. The van der Waals surface area contributed by atoms with Crippen molar-refractivity contribution < 1.29 is 4.74 Å². The lowest BCUT2D eigenvalue weighted by Crippen LogP contribution is -2.00. The molecule has 0 bridgehead atoms. The second-order valence-electron chi connectivity index (χ2n) is 4.58. The van der Waals surface area contributed by atoms with Gasteiger partial charge in [-0.25, -0.2) is 9.67 Å². The summed E-state index contributed by atoms with van der Waals surface area (Å²) in [6, 6.07) is 9.94. The summed E-state index contributed by atoms with van der Waals surface area (Å²) in [7, 11) is 1.66.